The molecule has 0 radical (unpaired) electrons. The van der Waals surface area contributed by atoms with Crippen molar-refractivity contribution in [2.45, 2.75) is 13.8 Å². The summed E-state index contributed by atoms with van der Waals surface area (Å²) in [5.74, 6) is 2.13. The number of benzene rings is 1. The van der Waals surface area contributed by atoms with Crippen LogP contribution < -0.4 is 5.32 Å². The predicted octanol–water partition coefficient (Wildman–Crippen LogP) is 4.02. The van der Waals surface area contributed by atoms with Crippen molar-refractivity contribution in [1.29, 1.82) is 0 Å². The fourth-order valence-electron chi connectivity index (χ4n) is 2.23. The fourth-order valence-corrected chi connectivity index (χ4v) is 2.23. The molecule has 0 spiro atoms. The fraction of sp³-hybridized carbons (Fsp3) is 0.133. The van der Waals surface area contributed by atoms with E-state index in [1.54, 1.807) is 6.92 Å². The highest BCUT2D eigenvalue weighted by Crippen LogP contribution is 2.29. The third-order valence-corrected chi connectivity index (χ3v) is 3.05. The largest absolute Gasteiger partial charge is 0.446 e. The smallest absolute Gasteiger partial charge is 0.198 e. The lowest BCUT2D eigenvalue weighted by molar-refractivity contribution is 0.102. The summed E-state index contributed by atoms with van der Waals surface area (Å²) in [5.41, 5.74) is 1.59. The summed E-state index contributed by atoms with van der Waals surface area (Å²) < 4.78 is 5.48. The van der Waals surface area contributed by atoms with Crippen molar-refractivity contribution in [2.75, 3.05) is 5.32 Å². The normalized spacial score (nSPS) is 10.8. The number of anilines is 2. The molecule has 1 aromatic carbocycles. The number of hydrogen-bond acceptors (Lipinski definition) is 3. The molecule has 0 amide bonds. The van der Waals surface area contributed by atoms with Gasteiger partial charge in [0.15, 0.2) is 11.7 Å². The van der Waals surface area contributed by atoms with E-state index in [0.29, 0.717) is 17.3 Å². The molecule has 2 N–H and O–H groups in total. The van der Waals surface area contributed by atoms with Crippen LogP contribution in [0.25, 0.3) is 10.9 Å². The first-order valence-corrected chi connectivity index (χ1v) is 6.10. The molecule has 4 heteroatoms. The lowest BCUT2D eigenvalue weighted by Gasteiger charge is -2.02. The quantitative estimate of drug-likeness (QED) is 0.694. The molecule has 19 heavy (non-hydrogen) atoms. The molecule has 0 atom stereocenters. The summed E-state index contributed by atoms with van der Waals surface area (Å²) in [6.45, 7) is 3.44. The minimum Gasteiger partial charge on any atom is -0.446 e. The second-order valence-electron chi connectivity index (χ2n) is 4.51. The van der Waals surface area contributed by atoms with E-state index in [-0.39, 0.29) is 5.78 Å². The van der Waals surface area contributed by atoms with Gasteiger partial charge < -0.3 is 14.7 Å². The first kappa shape index (κ1) is 11.6. The second-order valence-corrected chi connectivity index (χ2v) is 4.51. The number of hydrogen-bond donors (Lipinski definition) is 2. The van der Waals surface area contributed by atoms with Gasteiger partial charge in [-0.3, -0.25) is 4.79 Å². The van der Waals surface area contributed by atoms with Gasteiger partial charge in [-0.2, -0.15) is 0 Å². The maximum absolute atomic E-state index is 11.8. The highest BCUT2D eigenvalue weighted by atomic mass is 16.4. The summed E-state index contributed by atoms with van der Waals surface area (Å²) in [4.78, 5) is 15.1. The third kappa shape index (κ3) is 2.01. The number of nitrogens with one attached hydrogen (secondary N) is 2. The molecule has 0 saturated carbocycles. The predicted molar refractivity (Wildman–Crippen MR) is 75.0 cm³/mol. The van der Waals surface area contributed by atoms with Crippen molar-refractivity contribution in [3.8, 4) is 0 Å². The van der Waals surface area contributed by atoms with Crippen LogP contribution in [0.4, 0.5) is 11.7 Å². The van der Waals surface area contributed by atoms with Gasteiger partial charge in [0.2, 0.25) is 0 Å². The van der Waals surface area contributed by atoms with Crippen molar-refractivity contribution in [3.05, 3.63) is 47.7 Å². The Morgan fingerprint density at radius 2 is 2.00 bits per heavy atom. The van der Waals surface area contributed by atoms with Crippen LogP contribution in [0.1, 0.15) is 23.0 Å². The number of Topliss-reactive ketones (excluding diaryl/α,β-unsaturated/α-hetero) is 1. The molecule has 0 unspecified atom stereocenters. The Balaban J connectivity index is 2.12. The molecular weight excluding hydrogens is 240 g/mol. The molecule has 0 fully saturated rings. The molecule has 4 nitrogen and oxygen atoms in total. The number of carbonyl (C=O) groups is 1. The maximum Gasteiger partial charge on any atom is 0.198 e. The van der Waals surface area contributed by atoms with Gasteiger partial charge in [-0.05, 0) is 26.0 Å². The Morgan fingerprint density at radius 3 is 2.68 bits per heavy atom. The molecule has 0 aliphatic heterocycles. The molecule has 2 aromatic heterocycles. The van der Waals surface area contributed by atoms with Crippen LogP contribution in [0, 0.1) is 6.92 Å². The van der Waals surface area contributed by atoms with Crippen LogP contribution in [0.2, 0.25) is 0 Å². The number of H-pyrrole nitrogens is 1. The third-order valence-electron chi connectivity index (χ3n) is 3.05. The van der Waals surface area contributed by atoms with Crippen LogP contribution in [0.5, 0.6) is 0 Å². The minimum absolute atomic E-state index is 0.0169. The van der Waals surface area contributed by atoms with E-state index in [4.69, 9.17) is 4.42 Å². The van der Waals surface area contributed by atoms with Crippen molar-refractivity contribution >= 4 is 28.4 Å². The van der Waals surface area contributed by atoms with E-state index < -0.39 is 0 Å². The van der Waals surface area contributed by atoms with Gasteiger partial charge in [0.05, 0.1) is 5.56 Å². The second kappa shape index (κ2) is 4.31. The lowest BCUT2D eigenvalue weighted by atomic mass is 10.1. The van der Waals surface area contributed by atoms with Gasteiger partial charge in [-0.1, -0.05) is 18.2 Å². The molecule has 96 valence electrons. The Morgan fingerprint density at radius 1 is 1.21 bits per heavy atom. The van der Waals surface area contributed by atoms with Crippen LogP contribution in [-0.2, 0) is 0 Å². The summed E-state index contributed by atoms with van der Waals surface area (Å²) in [5, 5.41) is 4.04. The van der Waals surface area contributed by atoms with Crippen LogP contribution >= 0.6 is 0 Å². The number of fused-ring (bicyclic) bond motifs is 1. The Kier molecular flexibility index (Phi) is 2.63. The molecule has 0 saturated heterocycles. The zero-order valence-corrected chi connectivity index (χ0v) is 10.8. The van der Waals surface area contributed by atoms with Gasteiger partial charge in [0.1, 0.15) is 11.6 Å². The zero-order chi connectivity index (χ0) is 13.4. The SMILES string of the molecule is CC(=O)c1c(Nc2ccc(C)o2)[nH]c2ccccc12. The van der Waals surface area contributed by atoms with E-state index in [0.717, 1.165) is 16.7 Å². The minimum atomic E-state index is 0.0169. The van der Waals surface area contributed by atoms with E-state index in [1.165, 1.54) is 0 Å². The number of aryl methyl sites for hydroxylation is 1. The standard InChI is InChI=1S/C15H14N2O2/c1-9-7-8-13(19-9)17-15-14(10(2)18)11-5-3-4-6-12(11)16-15/h3-8,16-17H,1-2H3. The number of carbonyl (C=O) groups excluding carboxylic acids is 1. The summed E-state index contributed by atoms with van der Waals surface area (Å²) in [6, 6.07) is 11.4. The van der Waals surface area contributed by atoms with E-state index in [9.17, 15) is 4.79 Å². The Labute approximate surface area is 110 Å². The number of ketones is 1. The number of para-hydroxylation sites is 1. The van der Waals surface area contributed by atoms with Crippen LogP contribution in [0.15, 0.2) is 40.8 Å². The first-order valence-electron chi connectivity index (χ1n) is 6.10. The average Bonchev–Trinajstić information content (AvgIpc) is 2.92. The van der Waals surface area contributed by atoms with Gasteiger partial charge in [-0.15, -0.1) is 0 Å². The number of rotatable bonds is 3. The average molecular weight is 254 g/mol. The van der Waals surface area contributed by atoms with E-state index in [2.05, 4.69) is 10.3 Å². The zero-order valence-electron chi connectivity index (χ0n) is 10.8. The number of aromatic amines is 1. The van der Waals surface area contributed by atoms with E-state index >= 15 is 0 Å². The molecular formula is C15H14N2O2. The topological polar surface area (TPSA) is 58.0 Å². The molecule has 0 aliphatic rings. The number of aromatic nitrogens is 1. The highest BCUT2D eigenvalue weighted by molar-refractivity contribution is 6.11. The lowest BCUT2D eigenvalue weighted by Crippen LogP contribution is -1.97. The van der Waals surface area contributed by atoms with Gasteiger partial charge in [0, 0.05) is 17.0 Å². The summed E-state index contributed by atoms with van der Waals surface area (Å²) in [6.07, 6.45) is 0. The summed E-state index contributed by atoms with van der Waals surface area (Å²) >= 11 is 0. The van der Waals surface area contributed by atoms with Crippen molar-refractivity contribution in [1.82, 2.24) is 4.98 Å². The van der Waals surface area contributed by atoms with Gasteiger partial charge in [-0.25, -0.2) is 0 Å². The molecule has 2 heterocycles. The van der Waals surface area contributed by atoms with Crippen molar-refractivity contribution in [2.24, 2.45) is 0 Å². The van der Waals surface area contributed by atoms with Crippen molar-refractivity contribution < 1.29 is 9.21 Å². The molecule has 0 aliphatic carbocycles. The molecule has 0 bridgehead atoms. The van der Waals surface area contributed by atoms with Gasteiger partial charge in [0.25, 0.3) is 0 Å². The summed E-state index contributed by atoms with van der Waals surface area (Å²) in [7, 11) is 0. The highest BCUT2D eigenvalue weighted by Gasteiger charge is 2.15. The van der Waals surface area contributed by atoms with E-state index in [1.807, 2.05) is 43.3 Å². The van der Waals surface area contributed by atoms with Gasteiger partial charge >= 0.3 is 0 Å². The van der Waals surface area contributed by atoms with Crippen molar-refractivity contribution in [3.63, 3.8) is 0 Å². The molecule has 3 aromatic rings. The molecule has 3 rings (SSSR count). The first-order chi connectivity index (χ1) is 9.15. The monoisotopic (exact) mass is 254 g/mol. The van der Waals surface area contributed by atoms with Crippen LogP contribution in [-0.4, -0.2) is 10.8 Å². The maximum atomic E-state index is 11.8. The Hall–Kier alpha value is -2.49. The van der Waals surface area contributed by atoms with Crippen LogP contribution in [0.3, 0.4) is 0 Å². The number of furan rings is 1. The Bertz CT molecular complexity index is 752.